The number of cyclic esters (lactones) is 1. The molecule has 0 saturated carbocycles. The summed E-state index contributed by atoms with van der Waals surface area (Å²) in [5.74, 6) is -0.310. The molecule has 2 N–H and O–H groups in total. The number of hydrogen-bond acceptors (Lipinski definition) is 5. The summed E-state index contributed by atoms with van der Waals surface area (Å²) >= 11 is 0. The number of nitrogens with zero attached hydrogens (tertiary/aromatic N) is 2. The molecule has 0 aliphatic carbocycles. The third-order valence-corrected chi connectivity index (χ3v) is 5.91. The first-order chi connectivity index (χ1) is 13.1. The summed E-state index contributed by atoms with van der Waals surface area (Å²) in [5, 5.41) is 20.5. The number of likely N-dealkylation sites (tertiary alicyclic amines) is 1. The fraction of sp³-hybridized carbons (Fsp3) is 0.619. The molecule has 1 saturated heterocycles. The first-order valence-electron chi connectivity index (χ1n) is 9.81. The van der Waals surface area contributed by atoms with Crippen molar-refractivity contribution in [3.05, 3.63) is 34.4 Å². The van der Waals surface area contributed by atoms with Gasteiger partial charge in [-0.15, -0.1) is 0 Å². The Balaban J connectivity index is 1.72. The largest absolute Gasteiger partial charge is 0.465 e. The zero-order valence-electron chi connectivity index (χ0n) is 17.1. The molecule has 0 radical (unpaired) electrons. The van der Waals surface area contributed by atoms with E-state index in [-0.39, 0.29) is 18.6 Å². The van der Waals surface area contributed by atoms with Crippen molar-refractivity contribution in [2.75, 3.05) is 19.6 Å². The maximum Gasteiger partial charge on any atom is 0.407 e. The van der Waals surface area contributed by atoms with Crippen LogP contribution in [0.25, 0.3) is 0 Å². The van der Waals surface area contributed by atoms with Crippen molar-refractivity contribution in [2.24, 2.45) is 0 Å². The van der Waals surface area contributed by atoms with Gasteiger partial charge in [0.25, 0.3) is 0 Å². The van der Waals surface area contributed by atoms with Gasteiger partial charge in [-0.1, -0.05) is 6.07 Å². The molecule has 1 amide bonds. The van der Waals surface area contributed by atoms with Crippen LogP contribution in [0.4, 0.5) is 4.79 Å². The number of carbonyl (C=O) groups is 2. The van der Waals surface area contributed by atoms with E-state index < -0.39 is 17.7 Å². The van der Waals surface area contributed by atoms with Gasteiger partial charge in [0.2, 0.25) is 0 Å². The van der Waals surface area contributed by atoms with Gasteiger partial charge in [0, 0.05) is 30.2 Å². The fourth-order valence-corrected chi connectivity index (χ4v) is 4.24. The summed E-state index contributed by atoms with van der Waals surface area (Å²) in [6.07, 6.45) is 0.284. The SMILES string of the molecule is Cc1c([C@@H](O)CN2CCCC2CN(C(=O)O)C(C)(C)C)ccc2c1COC2=O. The Morgan fingerprint density at radius 1 is 1.39 bits per heavy atom. The molecule has 1 aromatic carbocycles. The van der Waals surface area contributed by atoms with Gasteiger partial charge in [0.15, 0.2) is 0 Å². The second-order valence-corrected chi connectivity index (χ2v) is 8.75. The van der Waals surface area contributed by atoms with Crippen molar-refractivity contribution in [3.8, 4) is 0 Å². The Labute approximate surface area is 165 Å². The molecular weight excluding hydrogens is 360 g/mol. The van der Waals surface area contributed by atoms with Crippen LogP contribution in [0.15, 0.2) is 12.1 Å². The molecule has 0 aromatic heterocycles. The van der Waals surface area contributed by atoms with Gasteiger partial charge < -0.3 is 19.8 Å². The highest BCUT2D eigenvalue weighted by atomic mass is 16.5. The van der Waals surface area contributed by atoms with E-state index in [1.54, 1.807) is 12.1 Å². The maximum absolute atomic E-state index is 11.7. The minimum atomic E-state index is -0.918. The van der Waals surface area contributed by atoms with E-state index in [1.165, 1.54) is 4.90 Å². The van der Waals surface area contributed by atoms with Gasteiger partial charge in [-0.05, 0) is 64.3 Å². The number of fused-ring (bicyclic) bond motifs is 1. The van der Waals surface area contributed by atoms with Crippen molar-refractivity contribution in [2.45, 2.75) is 64.8 Å². The average Bonchev–Trinajstić information content (AvgIpc) is 3.19. The van der Waals surface area contributed by atoms with Gasteiger partial charge in [-0.3, -0.25) is 4.90 Å². The summed E-state index contributed by atoms with van der Waals surface area (Å²) in [6.45, 7) is 9.56. The quantitative estimate of drug-likeness (QED) is 0.752. The Bertz CT molecular complexity index is 771. The lowest BCUT2D eigenvalue weighted by Crippen LogP contribution is -2.51. The van der Waals surface area contributed by atoms with Gasteiger partial charge in [0.1, 0.15) is 6.61 Å². The van der Waals surface area contributed by atoms with Gasteiger partial charge >= 0.3 is 12.1 Å². The maximum atomic E-state index is 11.7. The van der Waals surface area contributed by atoms with Crippen LogP contribution in [-0.2, 0) is 11.3 Å². The summed E-state index contributed by atoms with van der Waals surface area (Å²) in [5.41, 5.74) is 2.66. The van der Waals surface area contributed by atoms with Crippen LogP contribution >= 0.6 is 0 Å². The molecule has 1 aromatic rings. The number of benzene rings is 1. The number of aliphatic hydroxyl groups excluding tert-OH is 1. The smallest absolute Gasteiger partial charge is 0.407 e. The van der Waals surface area contributed by atoms with Gasteiger partial charge in [-0.2, -0.15) is 0 Å². The van der Waals surface area contributed by atoms with Crippen molar-refractivity contribution >= 4 is 12.1 Å². The second-order valence-electron chi connectivity index (χ2n) is 8.75. The molecule has 7 heteroatoms. The zero-order chi connectivity index (χ0) is 20.6. The molecule has 3 rings (SSSR count). The van der Waals surface area contributed by atoms with Crippen molar-refractivity contribution in [3.63, 3.8) is 0 Å². The highest BCUT2D eigenvalue weighted by Gasteiger charge is 2.34. The normalized spacial score (nSPS) is 20.8. The van der Waals surface area contributed by atoms with Crippen LogP contribution < -0.4 is 0 Å². The summed E-state index contributed by atoms with van der Waals surface area (Å²) in [4.78, 5) is 27.1. The predicted molar refractivity (Wildman–Crippen MR) is 104 cm³/mol. The average molecular weight is 390 g/mol. The lowest BCUT2D eigenvalue weighted by Gasteiger charge is -2.37. The van der Waals surface area contributed by atoms with E-state index in [4.69, 9.17) is 4.74 Å². The molecule has 0 bridgehead atoms. The number of aliphatic hydroxyl groups is 1. The van der Waals surface area contributed by atoms with Gasteiger partial charge in [0.05, 0.1) is 11.7 Å². The molecule has 2 aliphatic rings. The summed E-state index contributed by atoms with van der Waals surface area (Å²) in [7, 11) is 0. The lowest BCUT2D eigenvalue weighted by molar-refractivity contribution is 0.0534. The van der Waals surface area contributed by atoms with Crippen LogP contribution in [0.5, 0.6) is 0 Å². The number of carbonyl (C=O) groups excluding carboxylic acids is 1. The first-order valence-corrected chi connectivity index (χ1v) is 9.81. The standard InChI is InChI=1S/C21H30N2O5/c1-13-15(7-8-16-17(13)12-28-19(16)25)18(24)11-22-9-5-6-14(22)10-23(20(26)27)21(2,3)4/h7-8,14,18,24H,5-6,9-12H2,1-4H3,(H,26,27)/t14?,18-/m0/s1. The molecule has 154 valence electrons. The number of hydrogen-bond donors (Lipinski definition) is 2. The highest BCUT2D eigenvalue weighted by Crippen LogP contribution is 2.31. The highest BCUT2D eigenvalue weighted by molar-refractivity contribution is 5.93. The number of ether oxygens (including phenoxy) is 1. The molecule has 1 unspecified atom stereocenters. The molecule has 2 heterocycles. The topological polar surface area (TPSA) is 90.3 Å². The van der Waals surface area contributed by atoms with Crippen LogP contribution in [0.3, 0.4) is 0 Å². The van der Waals surface area contributed by atoms with Crippen molar-refractivity contribution < 1.29 is 24.5 Å². The van der Waals surface area contributed by atoms with Crippen LogP contribution in [0, 0.1) is 6.92 Å². The minimum absolute atomic E-state index is 0.0876. The Morgan fingerprint density at radius 3 is 2.75 bits per heavy atom. The second kappa shape index (κ2) is 7.72. The van der Waals surface area contributed by atoms with E-state index in [0.29, 0.717) is 18.7 Å². The van der Waals surface area contributed by atoms with Crippen LogP contribution in [0.2, 0.25) is 0 Å². The molecule has 28 heavy (non-hydrogen) atoms. The minimum Gasteiger partial charge on any atom is -0.465 e. The van der Waals surface area contributed by atoms with E-state index in [1.807, 2.05) is 27.7 Å². The number of esters is 1. The van der Waals surface area contributed by atoms with Crippen LogP contribution in [0.1, 0.15) is 66.8 Å². The predicted octanol–water partition coefficient (Wildman–Crippen LogP) is 2.94. The van der Waals surface area contributed by atoms with E-state index in [0.717, 1.165) is 36.1 Å². The number of amides is 1. The van der Waals surface area contributed by atoms with Crippen LogP contribution in [-0.4, -0.2) is 63.3 Å². The van der Waals surface area contributed by atoms with Crippen molar-refractivity contribution in [1.29, 1.82) is 0 Å². The molecule has 2 atom stereocenters. The lowest BCUT2D eigenvalue weighted by atomic mass is 9.95. The molecule has 7 nitrogen and oxygen atoms in total. The van der Waals surface area contributed by atoms with Gasteiger partial charge in [-0.25, -0.2) is 9.59 Å². The molecule has 0 spiro atoms. The van der Waals surface area contributed by atoms with E-state index in [9.17, 15) is 19.8 Å². The Kier molecular flexibility index (Phi) is 5.68. The Hall–Kier alpha value is -2.12. The monoisotopic (exact) mass is 390 g/mol. The molecular formula is C21H30N2O5. The number of carboxylic acid groups (broad SMARTS) is 1. The summed E-state index contributed by atoms with van der Waals surface area (Å²) in [6, 6.07) is 3.61. The van der Waals surface area contributed by atoms with E-state index in [2.05, 4.69) is 4.90 Å². The Morgan fingerprint density at radius 2 is 2.11 bits per heavy atom. The van der Waals surface area contributed by atoms with Crippen molar-refractivity contribution in [1.82, 2.24) is 9.80 Å². The third kappa shape index (κ3) is 4.00. The van der Waals surface area contributed by atoms with E-state index >= 15 is 0 Å². The zero-order valence-corrected chi connectivity index (χ0v) is 17.1. The number of rotatable bonds is 5. The molecule has 2 aliphatic heterocycles. The number of β-amino-alcohol motifs (C(OH)–C–C–N with tert-alkyl or cyclic N) is 1. The fourth-order valence-electron chi connectivity index (χ4n) is 4.24. The summed E-state index contributed by atoms with van der Waals surface area (Å²) < 4.78 is 5.10. The first kappa shape index (κ1) is 20.6. The third-order valence-electron chi connectivity index (χ3n) is 5.91. The molecule has 1 fully saturated rings.